The molecule has 0 radical (unpaired) electrons. The first-order valence-electron chi connectivity index (χ1n) is 5.35. The molecule has 0 aliphatic carbocycles. The summed E-state index contributed by atoms with van der Waals surface area (Å²) in [6.07, 6.45) is 1.32. The van der Waals surface area contributed by atoms with Crippen LogP contribution >= 0.6 is 0 Å². The van der Waals surface area contributed by atoms with Gasteiger partial charge < -0.3 is 10.2 Å². The zero-order valence-corrected chi connectivity index (χ0v) is 9.31. The van der Waals surface area contributed by atoms with E-state index in [-0.39, 0.29) is 0 Å². The van der Waals surface area contributed by atoms with Gasteiger partial charge in [-0.25, -0.2) is 0 Å². The van der Waals surface area contributed by atoms with Crippen LogP contribution in [0.2, 0.25) is 0 Å². The number of aromatic nitrogens is 2. The van der Waals surface area contributed by atoms with Gasteiger partial charge in [0.05, 0.1) is 6.42 Å². The van der Waals surface area contributed by atoms with Crippen LogP contribution in [0.15, 0.2) is 28.7 Å². The number of hydrogen-bond acceptors (Lipinski definition) is 4. The van der Waals surface area contributed by atoms with Crippen molar-refractivity contribution in [2.75, 3.05) is 6.54 Å². The summed E-state index contributed by atoms with van der Waals surface area (Å²) < 4.78 is 5.47. The summed E-state index contributed by atoms with van der Waals surface area (Å²) >= 11 is 0. The lowest BCUT2D eigenvalue weighted by Gasteiger charge is -1.98. The van der Waals surface area contributed by atoms with E-state index < -0.39 is 0 Å². The van der Waals surface area contributed by atoms with Gasteiger partial charge in [-0.05, 0) is 12.5 Å². The fraction of sp³-hybridized carbons (Fsp3) is 0.333. The molecule has 0 aliphatic rings. The van der Waals surface area contributed by atoms with Gasteiger partial charge >= 0.3 is 0 Å². The maximum Gasteiger partial charge on any atom is 0.220 e. The van der Waals surface area contributed by atoms with E-state index >= 15 is 0 Å². The average molecular weight is 217 g/mol. The van der Waals surface area contributed by atoms with Crippen LogP contribution in [0.1, 0.15) is 22.9 Å². The van der Waals surface area contributed by atoms with E-state index in [0.29, 0.717) is 31.2 Å². The van der Waals surface area contributed by atoms with Crippen LogP contribution < -0.4 is 5.73 Å². The molecule has 2 aromatic rings. The molecule has 0 saturated carbocycles. The van der Waals surface area contributed by atoms with E-state index in [4.69, 9.17) is 10.2 Å². The van der Waals surface area contributed by atoms with Crippen molar-refractivity contribution in [2.45, 2.75) is 19.8 Å². The number of aryl methyl sites for hydroxylation is 1. The smallest absolute Gasteiger partial charge is 0.220 e. The monoisotopic (exact) mass is 217 g/mol. The molecule has 1 aromatic heterocycles. The minimum absolute atomic E-state index is 0.534. The molecule has 0 amide bonds. The number of benzene rings is 1. The Morgan fingerprint density at radius 2 is 2.06 bits per heavy atom. The van der Waals surface area contributed by atoms with Crippen molar-refractivity contribution < 1.29 is 4.42 Å². The van der Waals surface area contributed by atoms with Crippen molar-refractivity contribution in [2.24, 2.45) is 5.73 Å². The van der Waals surface area contributed by atoms with Crippen LogP contribution in [0.5, 0.6) is 0 Å². The fourth-order valence-corrected chi connectivity index (χ4v) is 1.58. The van der Waals surface area contributed by atoms with Gasteiger partial charge in [0.1, 0.15) is 0 Å². The Bertz CT molecular complexity index is 465. The molecule has 16 heavy (non-hydrogen) atoms. The summed E-state index contributed by atoms with van der Waals surface area (Å²) in [6, 6.07) is 8.27. The Morgan fingerprint density at radius 3 is 2.81 bits per heavy atom. The van der Waals surface area contributed by atoms with E-state index in [2.05, 4.69) is 35.3 Å². The van der Waals surface area contributed by atoms with E-state index in [1.807, 2.05) is 6.07 Å². The summed E-state index contributed by atoms with van der Waals surface area (Å²) in [4.78, 5) is 0. The average Bonchev–Trinajstić information content (AvgIpc) is 2.66. The molecule has 1 heterocycles. The molecule has 0 aliphatic heterocycles. The minimum atomic E-state index is 0.534. The highest BCUT2D eigenvalue weighted by atomic mass is 16.4. The minimum Gasteiger partial charge on any atom is -0.425 e. The van der Waals surface area contributed by atoms with Gasteiger partial charge in [-0.1, -0.05) is 29.8 Å². The zero-order valence-electron chi connectivity index (χ0n) is 9.31. The summed E-state index contributed by atoms with van der Waals surface area (Å²) in [5.74, 6) is 1.26. The molecule has 0 fully saturated rings. The Labute approximate surface area is 94.5 Å². The van der Waals surface area contributed by atoms with Gasteiger partial charge in [-0.3, -0.25) is 0 Å². The van der Waals surface area contributed by atoms with Gasteiger partial charge in [-0.2, -0.15) is 0 Å². The third kappa shape index (κ3) is 2.67. The van der Waals surface area contributed by atoms with Crippen LogP contribution in [-0.2, 0) is 12.8 Å². The van der Waals surface area contributed by atoms with Gasteiger partial charge in [-0.15, -0.1) is 10.2 Å². The molecule has 0 saturated heterocycles. The van der Waals surface area contributed by atoms with Gasteiger partial charge in [0.15, 0.2) is 0 Å². The van der Waals surface area contributed by atoms with Crippen LogP contribution in [0.3, 0.4) is 0 Å². The second kappa shape index (κ2) is 4.90. The van der Waals surface area contributed by atoms with Crippen molar-refractivity contribution in [3.63, 3.8) is 0 Å². The van der Waals surface area contributed by atoms with Crippen LogP contribution in [-0.4, -0.2) is 16.7 Å². The standard InChI is InChI=1S/C12H15N3O/c1-9-3-2-4-10(7-9)8-12-15-14-11(16-12)5-6-13/h2-4,7H,5-6,8,13H2,1H3. The quantitative estimate of drug-likeness (QED) is 0.842. The predicted molar refractivity (Wildman–Crippen MR) is 61.0 cm³/mol. The van der Waals surface area contributed by atoms with E-state index in [0.717, 1.165) is 0 Å². The number of rotatable bonds is 4. The fourth-order valence-electron chi connectivity index (χ4n) is 1.58. The van der Waals surface area contributed by atoms with Crippen LogP contribution in [0.25, 0.3) is 0 Å². The van der Waals surface area contributed by atoms with Crippen molar-refractivity contribution in [3.05, 3.63) is 47.2 Å². The van der Waals surface area contributed by atoms with E-state index in [9.17, 15) is 0 Å². The summed E-state index contributed by atoms with van der Waals surface area (Å²) in [6.45, 7) is 2.60. The number of hydrogen-bond donors (Lipinski definition) is 1. The van der Waals surface area contributed by atoms with Crippen molar-refractivity contribution in [1.82, 2.24) is 10.2 Å². The van der Waals surface area contributed by atoms with Crippen LogP contribution in [0.4, 0.5) is 0 Å². The van der Waals surface area contributed by atoms with E-state index in [1.165, 1.54) is 11.1 Å². The third-order valence-corrected chi connectivity index (χ3v) is 2.30. The molecule has 0 bridgehead atoms. The lowest BCUT2D eigenvalue weighted by Crippen LogP contribution is -2.02. The second-order valence-corrected chi connectivity index (χ2v) is 3.79. The summed E-state index contributed by atoms with van der Waals surface area (Å²) in [5.41, 5.74) is 7.83. The highest BCUT2D eigenvalue weighted by Gasteiger charge is 2.06. The topological polar surface area (TPSA) is 64.9 Å². The Hall–Kier alpha value is -1.68. The van der Waals surface area contributed by atoms with E-state index in [1.54, 1.807) is 0 Å². The Balaban J connectivity index is 2.08. The molecule has 0 spiro atoms. The van der Waals surface area contributed by atoms with Gasteiger partial charge in [0, 0.05) is 13.0 Å². The third-order valence-electron chi connectivity index (χ3n) is 2.30. The Morgan fingerprint density at radius 1 is 1.25 bits per heavy atom. The first kappa shape index (κ1) is 10.8. The molecular weight excluding hydrogens is 202 g/mol. The molecule has 2 rings (SSSR count). The highest BCUT2D eigenvalue weighted by Crippen LogP contribution is 2.10. The van der Waals surface area contributed by atoms with Crippen LogP contribution in [0, 0.1) is 6.92 Å². The zero-order chi connectivity index (χ0) is 11.4. The highest BCUT2D eigenvalue weighted by molar-refractivity contribution is 5.24. The summed E-state index contributed by atoms with van der Waals surface area (Å²) in [5, 5.41) is 7.92. The Kier molecular flexibility index (Phi) is 3.31. The largest absolute Gasteiger partial charge is 0.425 e. The number of nitrogens with zero attached hydrogens (tertiary/aromatic N) is 2. The molecular formula is C12H15N3O. The lowest BCUT2D eigenvalue weighted by molar-refractivity contribution is 0.458. The normalized spacial score (nSPS) is 10.6. The molecule has 0 unspecified atom stereocenters. The molecule has 4 heteroatoms. The molecule has 0 atom stereocenters. The maximum absolute atomic E-state index is 5.47. The first-order chi connectivity index (χ1) is 7.78. The number of nitrogens with two attached hydrogens (primary N) is 1. The van der Waals surface area contributed by atoms with Gasteiger partial charge in [0.2, 0.25) is 11.8 Å². The first-order valence-corrected chi connectivity index (χ1v) is 5.35. The van der Waals surface area contributed by atoms with Crippen molar-refractivity contribution in [3.8, 4) is 0 Å². The maximum atomic E-state index is 5.47. The predicted octanol–water partition coefficient (Wildman–Crippen LogP) is 1.47. The molecule has 4 nitrogen and oxygen atoms in total. The molecule has 84 valence electrons. The second-order valence-electron chi connectivity index (χ2n) is 3.79. The summed E-state index contributed by atoms with van der Waals surface area (Å²) in [7, 11) is 0. The van der Waals surface area contributed by atoms with Crippen molar-refractivity contribution in [1.29, 1.82) is 0 Å². The lowest BCUT2D eigenvalue weighted by atomic mass is 10.1. The molecule has 2 N–H and O–H groups in total. The molecule has 1 aromatic carbocycles. The van der Waals surface area contributed by atoms with Crippen molar-refractivity contribution >= 4 is 0 Å². The van der Waals surface area contributed by atoms with Gasteiger partial charge in [0.25, 0.3) is 0 Å². The SMILES string of the molecule is Cc1cccc(Cc2nnc(CCN)o2)c1.